The van der Waals surface area contributed by atoms with Crippen LogP contribution in [0.5, 0.6) is 0 Å². The Hall–Kier alpha value is -1.05. The van der Waals surface area contributed by atoms with Crippen LogP contribution in [0.3, 0.4) is 0 Å². The van der Waals surface area contributed by atoms with Crippen LogP contribution in [-0.4, -0.2) is 37.5 Å². The molecule has 1 rings (SSSR count). The third-order valence-corrected chi connectivity index (χ3v) is 5.19. The number of hydrogen-bond donors (Lipinski definition) is 2. The summed E-state index contributed by atoms with van der Waals surface area (Å²) >= 11 is 1.48. The van der Waals surface area contributed by atoms with Crippen molar-refractivity contribution in [3.8, 4) is 0 Å². The topological polar surface area (TPSA) is 83.5 Å². The highest BCUT2D eigenvalue weighted by Gasteiger charge is 2.24. The van der Waals surface area contributed by atoms with E-state index in [9.17, 15) is 13.2 Å². The van der Waals surface area contributed by atoms with Crippen LogP contribution in [0, 0.1) is 0 Å². The number of thioether (sulfide) groups is 1. The lowest BCUT2D eigenvalue weighted by molar-refractivity contribution is -0.139. The molecule has 0 aliphatic heterocycles. The molecule has 0 aliphatic carbocycles. The third-order valence-electron chi connectivity index (χ3n) is 3.06. The summed E-state index contributed by atoms with van der Waals surface area (Å²) in [7, 11) is -3.82. The molecule has 0 saturated carbocycles. The molecule has 0 radical (unpaired) electrons. The average molecular weight is 331 g/mol. The normalized spacial score (nSPS) is 13.3. The van der Waals surface area contributed by atoms with Gasteiger partial charge in [0.1, 0.15) is 6.04 Å². The van der Waals surface area contributed by atoms with E-state index in [1.165, 1.54) is 23.9 Å². The molecule has 0 heterocycles. The standard InChI is InChI=1S/C14H21NO4S2/c1-10(2)11-4-6-12(7-5-11)21(18,19)15-13(14(16)17)8-9-20-3/h4-7,10,13,15H,8-9H2,1-3H3,(H,16,17)/t13-/m1/s1. The van der Waals surface area contributed by atoms with Gasteiger partial charge in [0.2, 0.25) is 10.0 Å². The summed E-state index contributed by atoms with van der Waals surface area (Å²) in [5, 5.41) is 9.09. The van der Waals surface area contributed by atoms with Gasteiger partial charge in [-0.2, -0.15) is 16.5 Å². The monoisotopic (exact) mass is 331 g/mol. The molecule has 5 nitrogen and oxygen atoms in total. The molecule has 21 heavy (non-hydrogen) atoms. The molecular weight excluding hydrogens is 310 g/mol. The fourth-order valence-electron chi connectivity index (χ4n) is 1.76. The van der Waals surface area contributed by atoms with Crippen LogP contribution in [0.25, 0.3) is 0 Å². The van der Waals surface area contributed by atoms with Gasteiger partial charge in [0.05, 0.1) is 4.90 Å². The summed E-state index contributed by atoms with van der Waals surface area (Å²) in [6.45, 7) is 4.04. The number of rotatable bonds is 8. The first-order valence-electron chi connectivity index (χ1n) is 6.62. The van der Waals surface area contributed by atoms with Crippen molar-refractivity contribution in [2.75, 3.05) is 12.0 Å². The number of aliphatic carboxylic acids is 1. The number of carboxylic acids is 1. The van der Waals surface area contributed by atoms with Crippen LogP contribution in [0.2, 0.25) is 0 Å². The molecule has 7 heteroatoms. The molecule has 1 atom stereocenters. The van der Waals surface area contributed by atoms with E-state index in [-0.39, 0.29) is 11.3 Å². The minimum absolute atomic E-state index is 0.0855. The van der Waals surface area contributed by atoms with Crippen molar-refractivity contribution in [3.05, 3.63) is 29.8 Å². The number of sulfonamides is 1. The highest BCUT2D eigenvalue weighted by atomic mass is 32.2. The van der Waals surface area contributed by atoms with Crippen LogP contribution < -0.4 is 4.72 Å². The zero-order valence-corrected chi connectivity index (χ0v) is 14.0. The molecule has 0 bridgehead atoms. The lowest BCUT2D eigenvalue weighted by Gasteiger charge is -2.15. The Kier molecular flexibility index (Phi) is 6.70. The maximum atomic E-state index is 12.2. The summed E-state index contributed by atoms with van der Waals surface area (Å²) in [6, 6.07) is 5.40. The lowest BCUT2D eigenvalue weighted by Crippen LogP contribution is -2.41. The van der Waals surface area contributed by atoms with Gasteiger partial charge >= 0.3 is 5.97 Å². The Labute approximate surface area is 130 Å². The van der Waals surface area contributed by atoms with Crippen molar-refractivity contribution in [3.63, 3.8) is 0 Å². The van der Waals surface area contributed by atoms with Crippen molar-refractivity contribution < 1.29 is 18.3 Å². The number of carboxylic acid groups (broad SMARTS) is 1. The second-order valence-corrected chi connectivity index (χ2v) is 7.72. The molecule has 0 saturated heterocycles. The van der Waals surface area contributed by atoms with Gasteiger partial charge in [-0.3, -0.25) is 4.79 Å². The number of carbonyl (C=O) groups is 1. The second kappa shape index (κ2) is 7.82. The molecule has 118 valence electrons. The molecule has 0 fully saturated rings. The summed E-state index contributed by atoms with van der Waals surface area (Å²) in [5.41, 5.74) is 1.03. The average Bonchev–Trinajstić information content (AvgIpc) is 2.43. The van der Waals surface area contributed by atoms with E-state index in [4.69, 9.17) is 5.11 Å². The third kappa shape index (κ3) is 5.33. The van der Waals surface area contributed by atoms with Gasteiger partial charge in [-0.1, -0.05) is 26.0 Å². The van der Waals surface area contributed by atoms with Crippen molar-refractivity contribution in [2.24, 2.45) is 0 Å². The molecule has 0 unspecified atom stereocenters. The number of nitrogens with one attached hydrogen (secondary N) is 1. The van der Waals surface area contributed by atoms with Gasteiger partial charge in [-0.05, 0) is 42.0 Å². The van der Waals surface area contributed by atoms with Crippen molar-refractivity contribution >= 4 is 27.8 Å². The zero-order valence-electron chi connectivity index (χ0n) is 12.4. The minimum atomic E-state index is -3.82. The summed E-state index contributed by atoms with van der Waals surface area (Å²) in [4.78, 5) is 11.2. The molecule has 0 aromatic heterocycles. The van der Waals surface area contributed by atoms with Crippen LogP contribution in [0.15, 0.2) is 29.2 Å². The van der Waals surface area contributed by atoms with Crippen molar-refractivity contribution in [1.82, 2.24) is 4.72 Å². The first-order chi connectivity index (χ1) is 9.77. The largest absolute Gasteiger partial charge is 0.480 e. The second-order valence-electron chi connectivity index (χ2n) is 5.02. The maximum Gasteiger partial charge on any atom is 0.321 e. The fraction of sp³-hybridized carbons (Fsp3) is 0.500. The predicted octanol–water partition coefficient (Wildman–Crippen LogP) is 2.29. The van der Waals surface area contributed by atoms with E-state index in [0.717, 1.165) is 5.56 Å². The molecule has 1 aromatic carbocycles. The first kappa shape index (κ1) is 18.0. The number of hydrogen-bond acceptors (Lipinski definition) is 4. The van der Waals surface area contributed by atoms with Crippen molar-refractivity contribution in [1.29, 1.82) is 0 Å². The smallest absolute Gasteiger partial charge is 0.321 e. The Morgan fingerprint density at radius 2 is 1.86 bits per heavy atom. The highest BCUT2D eigenvalue weighted by molar-refractivity contribution is 7.98. The minimum Gasteiger partial charge on any atom is -0.480 e. The molecule has 0 amide bonds. The molecule has 2 N–H and O–H groups in total. The Morgan fingerprint density at radius 1 is 1.29 bits per heavy atom. The lowest BCUT2D eigenvalue weighted by atomic mass is 10.0. The predicted molar refractivity (Wildman–Crippen MR) is 85.3 cm³/mol. The van der Waals surface area contributed by atoms with Crippen LogP contribution in [-0.2, 0) is 14.8 Å². The summed E-state index contributed by atoms with van der Waals surface area (Å²) in [6.07, 6.45) is 2.10. The Morgan fingerprint density at radius 3 is 2.29 bits per heavy atom. The number of benzene rings is 1. The van der Waals surface area contributed by atoms with Crippen LogP contribution in [0.1, 0.15) is 31.7 Å². The van der Waals surface area contributed by atoms with Gasteiger partial charge in [0.25, 0.3) is 0 Å². The molecule has 1 aromatic rings. The van der Waals surface area contributed by atoms with Gasteiger partial charge in [-0.25, -0.2) is 8.42 Å². The molecule has 0 spiro atoms. The van der Waals surface area contributed by atoms with Crippen LogP contribution in [0.4, 0.5) is 0 Å². The van der Waals surface area contributed by atoms with Gasteiger partial charge < -0.3 is 5.11 Å². The van der Waals surface area contributed by atoms with Crippen LogP contribution >= 0.6 is 11.8 Å². The van der Waals surface area contributed by atoms with E-state index in [2.05, 4.69) is 4.72 Å². The summed E-state index contributed by atoms with van der Waals surface area (Å²) in [5.74, 6) is -0.277. The maximum absolute atomic E-state index is 12.2. The Balaban J connectivity index is 2.91. The fourth-order valence-corrected chi connectivity index (χ4v) is 3.45. The van der Waals surface area contributed by atoms with E-state index in [1.807, 2.05) is 20.1 Å². The highest BCUT2D eigenvalue weighted by Crippen LogP contribution is 2.17. The zero-order chi connectivity index (χ0) is 16.0. The van der Waals surface area contributed by atoms with Gasteiger partial charge in [0.15, 0.2) is 0 Å². The van der Waals surface area contributed by atoms with Gasteiger partial charge in [0, 0.05) is 0 Å². The first-order valence-corrected chi connectivity index (χ1v) is 9.49. The summed E-state index contributed by atoms with van der Waals surface area (Å²) < 4.78 is 26.7. The van der Waals surface area contributed by atoms with E-state index in [0.29, 0.717) is 11.7 Å². The molecular formula is C14H21NO4S2. The Bertz CT molecular complexity index is 567. The molecule has 0 aliphatic rings. The van der Waals surface area contributed by atoms with E-state index >= 15 is 0 Å². The SMILES string of the molecule is CSCC[C@@H](NS(=O)(=O)c1ccc(C(C)C)cc1)C(=O)O. The van der Waals surface area contributed by atoms with Gasteiger partial charge in [-0.15, -0.1) is 0 Å². The van der Waals surface area contributed by atoms with Crippen molar-refractivity contribution in [2.45, 2.75) is 37.1 Å². The van der Waals surface area contributed by atoms with E-state index < -0.39 is 22.0 Å². The van der Waals surface area contributed by atoms with E-state index in [1.54, 1.807) is 12.1 Å². The quantitative estimate of drug-likeness (QED) is 0.763.